The number of nitrogens with two attached hydrogens (primary N) is 1. The van der Waals surface area contributed by atoms with Crippen molar-refractivity contribution in [3.05, 3.63) is 55.7 Å². The summed E-state index contributed by atoms with van der Waals surface area (Å²) in [6, 6.07) is 0.679. The van der Waals surface area contributed by atoms with Crippen LogP contribution in [-0.2, 0) is 37.0 Å². The number of halogens is 7. The summed E-state index contributed by atoms with van der Waals surface area (Å²) in [6.07, 6.45) is -5.15. The number of ether oxygens (including phenoxy) is 2. The van der Waals surface area contributed by atoms with E-state index in [2.05, 4.69) is 15.0 Å². The summed E-state index contributed by atoms with van der Waals surface area (Å²) in [5.41, 5.74) is 4.00. The summed E-state index contributed by atoms with van der Waals surface area (Å²) in [4.78, 5) is 25.5. The van der Waals surface area contributed by atoms with E-state index in [0.717, 1.165) is 25.5 Å². The van der Waals surface area contributed by atoms with Crippen molar-refractivity contribution in [2.45, 2.75) is 82.7 Å². The topological polar surface area (TPSA) is 112 Å². The maximum Gasteiger partial charge on any atom is 0.418 e. The molecule has 0 saturated carbocycles. The van der Waals surface area contributed by atoms with Gasteiger partial charge in [0.2, 0.25) is 0 Å². The van der Waals surface area contributed by atoms with Gasteiger partial charge >= 0.3 is 12.2 Å². The number of ketones is 1. The van der Waals surface area contributed by atoms with Crippen LogP contribution in [0.1, 0.15) is 77.3 Å². The van der Waals surface area contributed by atoms with Crippen LogP contribution in [0.25, 0.3) is 0 Å². The van der Waals surface area contributed by atoms with Crippen molar-refractivity contribution >= 4 is 40.5 Å². The lowest BCUT2D eigenvalue weighted by atomic mass is 9.93. The van der Waals surface area contributed by atoms with Gasteiger partial charge in [-0.3, -0.25) is 14.4 Å². The molecule has 17 heteroatoms. The van der Waals surface area contributed by atoms with E-state index in [-0.39, 0.29) is 48.7 Å². The van der Waals surface area contributed by atoms with Gasteiger partial charge in [0.1, 0.15) is 24.3 Å². The molecule has 7 rings (SSSR count). The third-order valence-corrected chi connectivity index (χ3v) is 10.4. The van der Waals surface area contributed by atoms with E-state index in [1.54, 1.807) is 4.68 Å². The number of aryl methyl sites for hydroxylation is 1. The SMILES string of the molecule is CC(=O)c1nn2c(c1Cl)CN(c1nc(OC[C@@]34CCCN3C[C@H](F)C4)nc3c1CO[C@@H](c1c(F)c(N)cc(Cl)c1C(F)(F)F)C3)CCC2. The highest BCUT2D eigenvalue weighted by atomic mass is 35.5. The minimum atomic E-state index is -5.00. The van der Waals surface area contributed by atoms with Gasteiger partial charge in [0.15, 0.2) is 11.6 Å². The molecule has 0 radical (unpaired) electrons. The number of carbonyl (C=O) groups excluding carboxylic acids is 1. The van der Waals surface area contributed by atoms with Crippen molar-refractivity contribution < 1.29 is 36.2 Å². The first-order chi connectivity index (χ1) is 22.8. The number of hydrogen-bond acceptors (Lipinski definition) is 9. The number of hydrogen-bond donors (Lipinski definition) is 1. The molecule has 10 nitrogen and oxygen atoms in total. The minimum absolute atomic E-state index is 0.0525. The van der Waals surface area contributed by atoms with Crippen LogP contribution >= 0.6 is 23.2 Å². The van der Waals surface area contributed by atoms with Crippen molar-refractivity contribution in [1.29, 1.82) is 0 Å². The minimum Gasteiger partial charge on any atom is -0.461 e. The van der Waals surface area contributed by atoms with E-state index in [0.29, 0.717) is 55.2 Å². The zero-order valence-electron chi connectivity index (χ0n) is 25.8. The molecule has 0 aliphatic carbocycles. The molecule has 48 heavy (non-hydrogen) atoms. The fourth-order valence-corrected chi connectivity index (χ4v) is 8.19. The van der Waals surface area contributed by atoms with Crippen LogP contribution in [0.15, 0.2) is 6.07 Å². The molecular formula is C31H32Cl2F5N7O3. The molecule has 2 saturated heterocycles. The molecule has 2 fully saturated rings. The van der Waals surface area contributed by atoms with E-state index < -0.39 is 51.6 Å². The Morgan fingerprint density at radius 3 is 2.75 bits per heavy atom. The molecule has 258 valence electrons. The molecular weight excluding hydrogens is 684 g/mol. The first kappa shape index (κ1) is 33.2. The highest BCUT2D eigenvalue weighted by molar-refractivity contribution is 6.34. The van der Waals surface area contributed by atoms with Gasteiger partial charge in [-0.15, -0.1) is 0 Å². The van der Waals surface area contributed by atoms with Gasteiger partial charge in [0.25, 0.3) is 0 Å². The standard InChI is InChI=1S/C31H32Cl2F5N7O3/c1-15(46)27-25(33)21-12-43(5-3-7-45(21)42-27)28-17-13-47-22(23-24(31(36,37)38)18(32)8-19(39)26(23)35)9-20(17)40-29(41-28)48-14-30-4-2-6-44(30)11-16(34)10-30/h8,16,22H,2-7,9-14,39H2,1H3/t16-,22-,30+/m1/s1. The van der Waals surface area contributed by atoms with Gasteiger partial charge in [-0.05, 0) is 31.9 Å². The second kappa shape index (κ2) is 12.3. The van der Waals surface area contributed by atoms with E-state index in [9.17, 15) is 22.4 Å². The van der Waals surface area contributed by atoms with Crippen LogP contribution in [0, 0.1) is 5.82 Å². The van der Waals surface area contributed by atoms with Crippen LogP contribution in [0.4, 0.5) is 33.5 Å². The van der Waals surface area contributed by atoms with Crippen LogP contribution < -0.4 is 15.4 Å². The van der Waals surface area contributed by atoms with Gasteiger partial charge in [-0.2, -0.15) is 28.2 Å². The average molecular weight is 717 g/mol. The van der Waals surface area contributed by atoms with Crippen LogP contribution in [0.3, 0.4) is 0 Å². The molecule has 4 aliphatic rings. The molecule has 0 spiro atoms. The van der Waals surface area contributed by atoms with E-state index in [4.69, 9.17) is 43.4 Å². The third kappa shape index (κ3) is 5.75. The molecule has 4 aliphatic heterocycles. The molecule has 0 amide bonds. The van der Waals surface area contributed by atoms with E-state index >= 15 is 4.39 Å². The Labute approximate surface area is 282 Å². The number of alkyl halides is 4. The largest absolute Gasteiger partial charge is 0.461 e. The predicted octanol–water partition coefficient (Wildman–Crippen LogP) is 6.10. The number of anilines is 2. The van der Waals surface area contributed by atoms with Gasteiger partial charge in [-0.1, -0.05) is 23.2 Å². The number of benzene rings is 1. The Kier molecular flexibility index (Phi) is 8.48. The molecule has 0 bridgehead atoms. The first-order valence-corrected chi connectivity index (χ1v) is 16.4. The summed E-state index contributed by atoms with van der Waals surface area (Å²) in [6.45, 7) is 3.45. The number of fused-ring (bicyclic) bond motifs is 3. The normalized spacial score (nSPS) is 24.3. The van der Waals surface area contributed by atoms with Gasteiger partial charge < -0.3 is 20.1 Å². The molecule has 3 aromatic rings. The Balaban J connectivity index is 1.29. The lowest BCUT2D eigenvalue weighted by Gasteiger charge is -2.33. The average Bonchev–Trinajstić information content (AvgIpc) is 3.59. The van der Waals surface area contributed by atoms with Crippen molar-refractivity contribution in [1.82, 2.24) is 24.6 Å². The van der Waals surface area contributed by atoms with E-state index in [1.807, 2.05) is 4.90 Å². The Bertz CT molecular complexity index is 1790. The number of Topliss-reactive ketones (excluding diaryl/α,β-unsaturated/α-hetero) is 1. The smallest absolute Gasteiger partial charge is 0.418 e. The van der Waals surface area contributed by atoms with E-state index in [1.165, 1.54) is 6.92 Å². The fraction of sp³-hybridized carbons (Fsp3) is 0.548. The number of carbonyl (C=O) groups is 1. The monoisotopic (exact) mass is 715 g/mol. The second-order valence-corrected chi connectivity index (χ2v) is 13.6. The zero-order chi connectivity index (χ0) is 34.1. The Morgan fingerprint density at radius 2 is 2.00 bits per heavy atom. The molecule has 0 unspecified atom stereocenters. The van der Waals surface area contributed by atoms with Crippen molar-refractivity contribution in [3.8, 4) is 6.01 Å². The van der Waals surface area contributed by atoms with Crippen molar-refractivity contribution in [2.75, 3.05) is 36.9 Å². The number of rotatable bonds is 6. The highest BCUT2D eigenvalue weighted by Crippen LogP contribution is 2.46. The van der Waals surface area contributed by atoms with Crippen molar-refractivity contribution in [3.63, 3.8) is 0 Å². The van der Waals surface area contributed by atoms with Crippen LogP contribution in [0.2, 0.25) is 10.0 Å². The lowest BCUT2D eigenvalue weighted by molar-refractivity contribution is -0.140. The molecule has 1 aromatic carbocycles. The fourth-order valence-electron chi connectivity index (χ4n) is 7.53. The molecule has 3 atom stereocenters. The quantitative estimate of drug-likeness (QED) is 0.184. The maximum atomic E-state index is 15.4. The highest BCUT2D eigenvalue weighted by Gasteiger charge is 2.49. The molecule has 2 aromatic heterocycles. The maximum absolute atomic E-state index is 15.4. The summed E-state index contributed by atoms with van der Waals surface area (Å²) in [7, 11) is 0. The summed E-state index contributed by atoms with van der Waals surface area (Å²) >= 11 is 12.6. The van der Waals surface area contributed by atoms with Gasteiger partial charge in [0, 0.05) is 50.5 Å². The first-order valence-electron chi connectivity index (χ1n) is 15.6. The second-order valence-electron chi connectivity index (χ2n) is 12.8. The lowest BCUT2D eigenvalue weighted by Crippen LogP contribution is -2.43. The van der Waals surface area contributed by atoms with Crippen molar-refractivity contribution in [2.24, 2.45) is 0 Å². The van der Waals surface area contributed by atoms with Crippen LogP contribution in [0.5, 0.6) is 6.01 Å². The number of nitrogens with zero attached hydrogens (tertiary/aromatic N) is 6. The van der Waals surface area contributed by atoms with Crippen LogP contribution in [-0.4, -0.2) is 68.4 Å². The molecule has 2 N–H and O–H groups in total. The summed E-state index contributed by atoms with van der Waals surface area (Å²) < 4.78 is 86.3. The summed E-state index contributed by atoms with van der Waals surface area (Å²) in [5.74, 6) is -1.16. The van der Waals surface area contributed by atoms with Gasteiger partial charge in [-0.25, -0.2) is 8.78 Å². The number of nitrogen functional groups attached to an aromatic ring is 1. The Morgan fingerprint density at radius 1 is 1.21 bits per heavy atom. The Hall–Kier alpha value is -3.27. The number of aromatic nitrogens is 4. The summed E-state index contributed by atoms with van der Waals surface area (Å²) in [5, 5.41) is 3.87. The molecule has 6 heterocycles. The zero-order valence-corrected chi connectivity index (χ0v) is 27.4. The third-order valence-electron chi connectivity index (χ3n) is 9.74. The van der Waals surface area contributed by atoms with Gasteiger partial charge in [0.05, 0.1) is 57.5 Å². The predicted molar refractivity (Wildman–Crippen MR) is 166 cm³/mol.